The number of nitrogens with two attached hydrogens (primary N) is 1. The maximum atomic E-state index is 11.7. The SMILES string of the molecule is CCOC(=O)C(N)C(=O)N(C)CC(C)(C)C. The Kier molecular flexibility index (Phi) is 5.44. The summed E-state index contributed by atoms with van der Waals surface area (Å²) < 4.78 is 4.69. The van der Waals surface area contributed by atoms with Gasteiger partial charge in [0, 0.05) is 13.6 Å². The Hall–Kier alpha value is -1.10. The minimum atomic E-state index is -1.22. The second-order valence-electron chi connectivity index (χ2n) is 4.98. The van der Waals surface area contributed by atoms with E-state index >= 15 is 0 Å². The van der Waals surface area contributed by atoms with E-state index in [1.807, 2.05) is 20.8 Å². The molecule has 0 aliphatic carbocycles. The Morgan fingerprint density at radius 1 is 1.38 bits per heavy atom. The highest BCUT2D eigenvalue weighted by atomic mass is 16.5. The Labute approximate surface area is 96.9 Å². The van der Waals surface area contributed by atoms with E-state index in [2.05, 4.69) is 0 Å². The zero-order chi connectivity index (χ0) is 12.9. The van der Waals surface area contributed by atoms with Crippen molar-refractivity contribution in [3.05, 3.63) is 0 Å². The monoisotopic (exact) mass is 230 g/mol. The van der Waals surface area contributed by atoms with Crippen LogP contribution in [0.1, 0.15) is 27.7 Å². The number of nitrogens with zero attached hydrogens (tertiary/aromatic N) is 1. The normalized spacial score (nSPS) is 13.1. The second kappa shape index (κ2) is 5.84. The average molecular weight is 230 g/mol. The predicted molar refractivity (Wildman–Crippen MR) is 61.7 cm³/mol. The van der Waals surface area contributed by atoms with E-state index < -0.39 is 17.9 Å². The van der Waals surface area contributed by atoms with Crippen molar-refractivity contribution in [2.24, 2.45) is 11.1 Å². The maximum Gasteiger partial charge on any atom is 0.332 e. The van der Waals surface area contributed by atoms with Gasteiger partial charge in [0.05, 0.1) is 6.61 Å². The molecule has 0 saturated heterocycles. The number of ether oxygens (including phenoxy) is 1. The molecule has 16 heavy (non-hydrogen) atoms. The largest absolute Gasteiger partial charge is 0.464 e. The van der Waals surface area contributed by atoms with Crippen molar-refractivity contribution in [3.8, 4) is 0 Å². The van der Waals surface area contributed by atoms with Crippen LogP contribution in [0.15, 0.2) is 0 Å². The van der Waals surface area contributed by atoms with Gasteiger partial charge in [-0.25, -0.2) is 4.79 Å². The van der Waals surface area contributed by atoms with Gasteiger partial charge in [0.15, 0.2) is 6.04 Å². The molecule has 5 heteroatoms. The number of hydrogen-bond donors (Lipinski definition) is 1. The van der Waals surface area contributed by atoms with E-state index in [-0.39, 0.29) is 12.0 Å². The van der Waals surface area contributed by atoms with Crippen LogP contribution >= 0.6 is 0 Å². The standard InChI is InChI=1S/C11H22N2O3/c1-6-16-10(15)8(12)9(14)13(5)7-11(2,3)4/h8H,6-7,12H2,1-5H3. The van der Waals surface area contributed by atoms with Gasteiger partial charge in [-0.2, -0.15) is 0 Å². The van der Waals surface area contributed by atoms with E-state index in [1.54, 1.807) is 14.0 Å². The van der Waals surface area contributed by atoms with E-state index in [4.69, 9.17) is 10.5 Å². The van der Waals surface area contributed by atoms with Gasteiger partial charge >= 0.3 is 5.97 Å². The molecule has 1 atom stereocenters. The third-order valence-electron chi connectivity index (χ3n) is 1.89. The molecule has 0 rings (SSSR count). The quantitative estimate of drug-likeness (QED) is 0.560. The van der Waals surface area contributed by atoms with E-state index in [0.717, 1.165) is 0 Å². The van der Waals surface area contributed by atoms with Gasteiger partial charge in [0.25, 0.3) is 5.91 Å². The molecule has 5 nitrogen and oxygen atoms in total. The lowest BCUT2D eigenvalue weighted by Crippen LogP contribution is -2.49. The first-order chi connectivity index (χ1) is 7.19. The fourth-order valence-electron chi connectivity index (χ4n) is 1.36. The molecule has 1 unspecified atom stereocenters. The number of hydrogen-bond acceptors (Lipinski definition) is 4. The smallest absolute Gasteiger partial charge is 0.332 e. The summed E-state index contributed by atoms with van der Waals surface area (Å²) in [6, 6.07) is -1.22. The van der Waals surface area contributed by atoms with Gasteiger partial charge < -0.3 is 15.4 Å². The van der Waals surface area contributed by atoms with Crippen molar-refractivity contribution in [1.82, 2.24) is 4.90 Å². The number of amides is 1. The van der Waals surface area contributed by atoms with E-state index in [9.17, 15) is 9.59 Å². The lowest BCUT2D eigenvalue weighted by atomic mass is 9.96. The third kappa shape index (κ3) is 5.11. The van der Waals surface area contributed by atoms with Gasteiger partial charge in [0.1, 0.15) is 0 Å². The zero-order valence-corrected chi connectivity index (χ0v) is 10.7. The minimum absolute atomic E-state index is 0.0290. The maximum absolute atomic E-state index is 11.7. The molecule has 0 aromatic heterocycles. The van der Waals surface area contributed by atoms with Crippen molar-refractivity contribution < 1.29 is 14.3 Å². The number of likely N-dealkylation sites (N-methyl/N-ethyl adjacent to an activating group) is 1. The van der Waals surface area contributed by atoms with E-state index in [0.29, 0.717) is 6.54 Å². The molecule has 0 bridgehead atoms. The van der Waals surface area contributed by atoms with Crippen LogP contribution < -0.4 is 5.73 Å². The summed E-state index contributed by atoms with van der Waals surface area (Å²) >= 11 is 0. The van der Waals surface area contributed by atoms with Crippen LogP contribution in [0.25, 0.3) is 0 Å². The summed E-state index contributed by atoms with van der Waals surface area (Å²) in [5.74, 6) is -1.08. The lowest BCUT2D eigenvalue weighted by molar-refractivity contribution is -0.150. The molecule has 0 aliphatic heterocycles. The fourth-order valence-corrected chi connectivity index (χ4v) is 1.36. The van der Waals surface area contributed by atoms with Gasteiger partial charge in [-0.05, 0) is 12.3 Å². The highest BCUT2D eigenvalue weighted by Crippen LogP contribution is 2.14. The van der Waals surface area contributed by atoms with Crippen LogP contribution in [-0.2, 0) is 14.3 Å². The topological polar surface area (TPSA) is 72.6 Å². The van der Waals surface area contributed by atoms with Gasteiger partial charge in [0.2, 0.25) is 0 Å². The van der Waals surface area contributed by atoms with Crippen molar-refractivity contribution in [2.75, 3.05) is 20.2 Å². The summed E-state index contributed by atoms with van der Waals surface area (Å²) in [5, 5.41) is 0. The molecule has 0 spiro atoms. The molecule has 0 radical (unpaired) electrons. The fraction of sp³-hybridized carbons (Fsp3) is 0.818. The highest BCUT2D eigenvalue weighted by Gasteiger charge is 2.28. The second-order valence-corrected chi connectivity index (χ2v) is 4.98. The van der Waals surface area contributed by atoms with Crippen molar-refractivity contribution >= 4 is 11.9 Å². The number of rotatable bonds is 4. The third-order valence-corrected chi connectivity index (χ3v) is 1.89. The molecular weight excluding hydrogens is 208 g/mol. The lowest BCUT2D eigenvalue weighted by Gasteiger charge is -2.27. The Morgan fingerprint density at radius 3 is 2.25 bits per heavy atom. The molecular formula is C11H22N2O3. The molecule has 0 aromatic rings. The van der Waals surface area contributed by atoms with Crippen LogP contribution in [0.4, 0.5) is 0 Å². The first-order valence-electron chi connectivity index (χ1n) is 5.36. The molecule has 0 heterocycles. The minimum Gasteiger partial charge on any atom is -0.464 e. The summed E-state index contributed by atoms with van der Waals surface area (Å²) in [4.78, 5) is 24.5. The van der Waals surface area contributed by atoms with Crippen molar-refractivity contribution in [2.45, 2.75) is 33.7 Å². The number of carbonyl (C=O) groups is 2. The van der Waals surface area contributed by atoms with E-state index in [1.165, 1.54) is 4.90 Å². The van der Waals surface area contributed by atoms with Gasteiger partial charge in [-0.1, -0.05) is 20.8 Å². The predicted octanol–water partition coefficient (Wildman–Crippen LogP) is 0.381. The molecule has 94 valence electrons. The molecule has 0 fully saturated rings. The Balaban J connectivity index is 4.38. The first kappa shape index (κ1) is 14.9. The van der Waals surface area contributed by atoms with Crippen LogP contribution in [0.2, 0.25) is 0 Å². The Morgan fingerprint density at radius 2 is 1.88 bits per heavy atom. The van der Waals surface area contributed by atoms with Crippen LogP contribution in [-0.4, -0.2) is 43.0 Å². The summed E-state index contributed by atoms with van der Waals surface area (Å²) in [6.45, 7) is 8.46. The van der Waals surface area contributed by atoms with Crippen molar-refractivity contribution in [3.63, 3.8) is 0 Å². The number of esters is 1. The highest BCUT2D eigenvalue weighted by molar-refractivity contribution is 6.01. The molecule has 0 saturated carbocycles. The van der Waals surface area contributed by atoms with Crippen LogP contribution in [0.5, 0.6) is 0 Å². The van der Waals surface area contributed by atoms with Crippen LogP contribution in [0, 0.1) is 5.41 Å². The first-order valence-corrected chi connectivity index (χ1v) is 5.36. The Bertz CT molecular complexity index is 258. The van der Waals surface area contributed by atoms with Gasteiger partial charge in [-0.15, -0.1) is 0 Å². The van der Waals surface area contributed by atoms with Gasteiger partial charge in [-0.3, -0.25) is 4.79 Å². The zero-order valence-electron chi connectivity index (χ0n) is 10.7. The van der Waals surface area contributed by atoms with Crippen LogP contribution in [0.3, 0.4) is 0 Å². The van der Waals surface area contributed by atoms with Crippen molar-refractivity contribution in [1.29, 1.82) is 0 Å². The summed E-state index contributed by atoms with van der Waals surface area (Å²) in [5.41, 5.74) is 5.47. The average Bonchev–Trinajstić information content (AvgIpc) is 2.13. The summed E-state index contributed by atoms with van der Waals surface area (Å²) in [6.07, 6.45) is 0. The molecule has 0 aromatic carbocycles. The molecule has 2 N–H and O–H groups in total. The molecule has 1 amide bonds. The number of carbonyl (C=O) groups excluding carboxylic acids is 2. The molecule has 0 aliphatic rings. The summed E-state index contributed by atoms with van der Waals surface area (Å²) in [7, 11) is 1.63.